The first-order chi connectivity index (χ1) is 11.1. The van der Waals surface area contributed by atoms with Crippen molar-refractivity contribution in [2.75, 3.05) is 32.9 Å². The number of hydrogen-bond acceptors (Lipinski definition) is 4. The Morgan fingerprint density at radius 1 is 1.35 bits per heavy atom. The molecule has 1 N–H and O–H groups in total. The minimum absolute atomic E-state index is 0.198. The summed E-state index contributed by atoms with van der Waals surface area (Å²) in [5, 5.41) is 9.08. The van der Waals surface area contributed by atoms with Gasteiger partial charge in [0.15, 0.2) is 0 Å². The van der Waals surface area contributed by atoms with Gasteiger partial charge in [-0.1, -0.05) is 15.9 Å². The third-order valence-electron chi connectivity index (χ3n) is 4.04. The van der Waals surface area contributed by atoms with E-state index in [-0.39, 0.29) is 5.92 Å². The number of carboxylic acid groups (broad SMARTS) is 1. The highest BCUT2D eigenvalue weighted by molar-refractivity contribution is 9.10. The molecule has 0 atom stereocenters. The van der Waals surface area contributed by atoms with E-state index in [0.29, 0.717) is 32.7 Å². The summed E-state index contributed by atoms with van der Waals surface area (Å²) in [5.74, 6) is -0.00372. The summed E-state index contributed by atoms with van der Waals surface area (Å²) in [4.78, 5) is 13.3. The third-order valence-corrected chi connectivity index (χ3v) is 4.54. The Labute approximate surface area is 145 Å². The number of piperidine rings is 1. The molecule has 0 amide bonds. The quantitative estimate of drug-likeness (QED) is 0.696. The van der Waals surface area contributed by atoms with Crippen molar-refractivity contribution in [3.8, 4) is 5.75 Å². The number of benzene rings is 1. The number of carboxylic acids is 1. The van der Waals surface area contributed by atoms with Gasteiger partial charge in [-0.25, -0.2) is 0 Å². The fourth-order valence-electron chi connectivity index (χ4n) is 2.75. The molecule has 0 spiro atoms. The lowest BCUT2D eigenvalue weighted by molar-refractivity contribution is -0.143. The lowest BCUT2D eigenvalue weighted by Crippen LogP contribution is -2.35. The second-order valence-corrected chi connectivity index (χ2v) is 6.60. The number of aliphatic carboxylic acids is 1. The third kappa shape index (κ3) is 5.79. The van der Waals surface area contributed by atoms with E-state index in [9.17, 15) is 4.79 Å². The van der Waals surface area contributed by atoms with Crippen LogP contribution in [-0.2, 0) is 16.1 Å². The Hall–Kier alpha value is -1.11. The van der Waals surface area contributed by atoms with Gasteiger partial charge in [-0.05, 0) is 51.1 Å². The summed E-state index contributed by atoms with van der Waals surface area (Å²) in [6.07, 6.45) is 1.42. The Morgan fingerprint density at radius 3 is 2.74 bits per heavy atom. The van der Waals surface area contributed by atoms with Gasteiger partial charge in [-0.2, -0.15) is 0 Å². The fraction of sp³-hybridized carbons (Fsp3) is 0.588. The minimum atomic E-state index is -0.674. The van der Waals surface area contributed by atoms with Crippen LogP contribution in [0.2, 0.25) is 0 Å². The van der Waals surface area contributed by atoms with Crippen molar-refractivity contribution in [1.82, 2.24) is 4.90 Å². The smallest absolute Gasteiger partial charge is 0.306 e. The number of rotatable bonds is 8. The minimum Gasteiger partial charge on any atom is -0.491 e. The molecule has 1 saturated heterocycles. The van der Waals surface area contributed by atoms with Crippen molar-refractivity contribution in [1.29, 1.82) is 0 Å². The lowest BCUT2D eigenvalue weighted by Gasteiger charge is -2.30. The average molecular weight is 386 g/mol. The summed E-state index contributed by atoms with van der Waals surface area (Å²) in [5.41, 5.74) is 1.12. The van der Waals surface area contributed by atoms with Crippen LogP contribution >= 0.6 is 15.9 Å². The Kier molecular flexibility index (Phi) is 7.33. The number of ether oxygens (including phenoxy) is 2. The van der Waals surface area contributed by atoms with E-state index in [2.05, 4.69) is 26.9 Å². The van der Waals surface area contributed by atoms with Crippen molar-refractivity contribution in [3.63, 3.8) is 0 Å². The molecule has 0 radical (unpaired) electrons. The summed E-state index contributed by atoms with van der Waals surface area (Å²) in [6, 6.07) is 6.00. The largest absolute Gasteiger partial charge is 0.491 e. The molecule has 128 valence electrons. The van der Waals surface area contributed by atoms with Gasteiger partial charge >= 0.3 is 5.97 Å². The van der Waals surface area contributed by atoms with E-state index in [1.54, 1.807) is 0 Å². The molecule has 6 heteroatoms. The zero-order valence-corrected chi connectivity index (χ0v) is 15.0. The number of nitrogens with zero attached hydrogens (tertiary/aromatic N) is 1. The molecule has 1 aliphatic heterocycles. The van der Waals surface area contributed by atoms with Crippen molar-refractivity contribution >= 4 is 21.9 Å². The molecule has 5 nitrogen and oxygen atoms in total. The van der Waals surface area contributed by atoms with Crippen LogP contribution in [0.5, 0.6) is 5.75 Å². The van der Waals surface area contributed by atoms with Crippen LogP contribution in [-0.4, -0.2) is 48.9 Å². The van der Waals surface area contributed by atoms with Gasteiger partial charge < -0.3 is 14.6 Å². The van der Waals surface area contributed by atoms with E-state index in [1.807, 2.05) is 19.1 Å². The standard InChI is InChI=1S/C17H24BrNO4/c1-2-22-9-10-23-16-4-3-15(18)11-14(16)12-19-7-5-13(6-8-19)17(20)21/h3-4,11,13H,2,5-10,12H2,1H3,(H,20,21). The number of halogens is 1. The highest BCUT2D eigenvalue weighted by atomic mass is 79.9. The monoisotopic (exact) mass is 385 g/mol. The molecule has 23 heavy (non-hydrogen) atoms. The van der Waals surface area contributed by atoms with Gasteiger partial charge in [-0.15, -0.1) is 0 Å². The summed E-state index contributed by atoms with van der Waals surface area (Å²) < 4.78 is 12.1. The summed E-state index contributed by atoms with van der Waals surface area (Å²) in [6.45, 7) is 6.15. The zero-order chi connectivity index (χ0) is 16.7. The van der Waals surface area contributed by atoms with E-state index in [0.717, 1.165) is 35.4 Å². The van der Waals surface area contributed by atoms with Crippen molar-refractivity contribution in [3.05, 3.63) is 28.2 Å². The van der Waals surface area contributed by atoms with E-state index in [1.165, 1.54) is 0 Å². The first-order valence-electron chi connectivity index (χ1n) is 8.04. The molecule has 1 aliphatic rings. The molecular formula is C17H24BrNO4. The van der Waals surface area contributed by atoms with Crippen molar-refractivity contribution < 1.29 is 19.4 Å². The highest BCUT2D eigenvalue weighted by Crippen LogP contribution is 2.27. The molecule has 1 fully saturated rings. The topological polar surface area (TPSA) is 59.0 Å². The van der Waals surface area contributed by atoms with Crippen molar-refractivity contribution in [2.24, 2.45) is 5.92 Å². The van der Waals surface area contributed by atoms with Gasteiger partial charge in [0.05, 0.1) is 12.5 Å². The molecule has 1 aromatic carbocycles. The van der Waals surface area contributed by atoms with Gasteiger partial charge in [0.2, 0.25) is 0 Å². The highest BCUT2D eigenvalue weighted by Gasteiger charge is 2.24. The van der Waals surface area contributed by atoms with Crippen molar-refractivity contribution in [2.45, 2.75) is 26.3 Å². The van der Waals surface area contributed by atoms with E-state index < -0.39 is 5.97 Å². The summed E-state index contributed by atoms with van der Waals surface area (Å²) >= 11 is 3.51. The zero-order valence-electron chi connectivity index (χ0n) is 13.5. The van der Waals surface area contributed by atoms with Crippen LogP contribution in [0.4, 0.5) is 0 Å². The second kappa shape index (κ2) is 9.25. The molecule has 0 saturated carbocycles. The molecule has 1 aromatic rings. The Bertz CT molecular complexity index is 515. The predicted molar refractivity (Wildman–Crippen MR) is 91.8 cm³/mol. The van der Waals surface area contributed by atoms with E-state index in [4.69, 9.17) is 14.6 Å². The predicted octanol–water partition coefficient (Wildman–Crippen LogP) is 3.16. The van der Waals surface area contributed by atoms with Gasteiger partial charge in [0.25, 0.3) is 0 Å². The normalized spacial score (nSPS) is 16.4. The second-order valence-electron chi connectivity index (χ2n) is 5.69. The van der Waals surface area contributed by atoms with Crippen LogP contribution in [0.1, 0.15) is 25.3 Å². The molecule has 0 aliphatic carbocycles. The van der Waals surface area contributed by atoms with Gasteiger partial charge in [0, 0.05) is 23.2 Å². The molecule has 0 unspecified atom stereocenters. The maximum Gasteiger partial charge on any atom is 0.306 e. The number of carbonyl (C=O) groups is 1. The maximum atomic E-state index is 11.0. The number of hydrogen-bond donors (Lipinski definition) is 1. The van der Waals surface area contributed by atoms with Crippen LogP contribution < -0.4 is 4.74 Å². The molecule has 2 rings (SSSR count). The van der Waals surface area contributed by atoms with E-state index >= 15 is 0 Å². The average Bonchev–Trinajstić information content (AvgIpc) is 2.54. The van der Waals surface area contributed by atoms with Gasteiger partial charge in [0.1, 0.15) is 12.4 Å². The van der Waals surface area contributed by atoms with Crippen LogP contribution in [0.25, 0.3) is 0 Å². The fourth-order valence-corrected chi connectivity index (χ4v) is 3.15. The SMILES string of the molecule is CCOCCOc1ccc(Br)cc1CN1CCC(C(=O)O)CC1. The van der Waals surface area contributed by atoms with Gasteiger partial charge in [-0.3, -0.25) is 9.69 Å². The molecule has 0 bridgehead atoms. The Morgan fingerprint density at radius 2 is 2.09 bits per heavy atom. The molecule has 1 heterocycles. The van der Waals surface area contributed by atoms with Crippen LogP contribution in [0.3, 0.4) is 0 Å². The first-order valence-corrected chi connectivity index (χ1v) is 8.83. The Balaban J connectivity index is 1.93. The summed E-state index contributed by atoms with van der Waals surface area (Å²) in [7, 11) is 0. The lowest BCUT2D eigenvalue weighted by atomic mass is 9.97. The number of likely N-dealkylation sites (tertiary alicyclic amines) is 1. The van der Waals surface area contributed by atoms with Crippen LogP contribution in [0.15, 0.2) is 22.7 Å². The molecular weight excluding hydrogens is 362 g/mol. The maximum absolute atomic E-state index is 11.0. The first kappa shape index (κ1) is 18.2. The van der Waals surface area contributed by atoms with Crippen LogP contribution in [0, 0.1) is 5.92 Å². The molecule has 0 aromatic heterocycles.